The smallest absolute Gasteiger partial charge is 0.237 e. The quantitative estimate of drug-likeness (QED) is 0.328. The molecular formula is C21H17BrN4O3S. The van der Waals surface area contributed by atoms with Crippen molar-refractivity contribution in [2.24, 2.45) is 0 Å². The predicted molar refractivity (Wildman–Crippen MR) is 118 cm³/mol. The highest BCUT2D eigenvalue weighted by Gasteiger charge is 2.12. The number of benzene rings is 2. The minimum atomic E-state index is 0.471. The number of hydrogen-bond acceptors (Lipinski definition) is 8. The Labute approximate surface area is 186 Å². The van der Waals surface area contributed by atoms with E-state index < -0.39 is 0 Å². The van der Waals surface area contributed by atoms with E-state index in [0.29, 0.717) is 29.0 Å². The van der Waals surface area contributed by atoms with Gasteiger partial charge in [-0.2, -0.15) is 4.98 Å². The maximum absolute atomic E-state index is 5.38. The SMILES string of the molecule is COc1cc(OC)cc(-c2noc(CSc3ccc(-c4cccc(Br)c4)nn3)n2)c1. The fourth-order valence-corrected chi connectivity index (χ4v) is 3.75. The van der Waals surface area contributed by atoms with Crippen LogP contribution in [0.15, 0.2) is 68.6 Å². The van der Waals surface area contributed by atoms with Gasteiger partial charge in [-0.15, -0.1) is 10.2 Å². The molecule has 0 radical (unpaired) electrons. The van der Waals surface area contributed by atoms with Crippen molar-refractivity contribution in [3.8, 4) is 34.1 Å². The van der Waals surface area contributed by atoms with E-state index in [0.717, 1.165) is 26.3 Å². The van der Waals surface area contributed by atoms with Gasteiger partial charge >= 0.3 is 0 Å². The second kappa shape index (κ2) is 9.27. The number of hydrogen-bond donors (Lipinski definition) is 0. The summed E-state index contributed by atoms with van der Waals surface area (Å²) in [5.41, 5.74) is 2.57. The third-order valence-electron chi connectivity index (χ3n) is 4.18. The van der Waals surface area contributed by atoms with E-state index in [1.165, 1.54) is 11.8 Å². The highest BCUT2D eigenvalue weighted by Crippen LogP contribution is 2.29. The Hall–Kier alpha value is -2.91. The Bertz CT molecular complexity index is 1130. The summed E-state index contributed by atoms with van der Waals surface area (Å²) in [5.74, 6) is 2.77. The minimum absolute atomic E-state index is 0.471. The summed E-state index contributed by atoms with van der Waals surface area (Å²) in [5, 5.41) is 13.4. The molecule has 0 saturated heterocycles. The van der Waals surface area contributed by atoms with Crippen LogP contribution < -0.4 is 9.47 Å². The van der Waals surface area contributed by atoms with Crippen LogP contribution in [-0.4, -0.2) is 34.6 Å². The summed E-state index contributed by atoms with van der Waals surface area (Å²) >= 11 is 4.95. The van der Waals surface area contributed by atoms with Crippen LogP contribution in [0.3, 0.4) is 0 Å². The number of nitrogens with zero attached hydrogens (tertiary/aromatic N) is 4. The van der Waals surface area contributed by atoms with Crippen molar-refractivity contribution in [3.05, 3.63) is 65.0 Å². The van der Waals surface area contributed by atoms with Gasteiger partial charge in [0.05, 0.1) is 25.7 Å². The monoisotopic (exact) mass is 484 g/mol. The number of aromatic nitrogens is 4. The largest absolute Gasteiger partial charge is 0.497 e. The van der Waals surface area contributed by atoms with Crippen molar-refractivity contribution >= 4 is 27.7 Å². The molecule has 0 aliphatic carbocycles. The van der Waals surface area contributed by atoms with Gasteiger partial charge in [-0.3, -0.25) is 0 Å². The van der Waals surface area contributed by atoms with Crippen molar-refractivity contribution in [2.45, 2.75) is 10.8 Å². The summed E-state index contributed by atoms with van der Waals surface area (Å²) in [7, 11) is 3.19. The molecule has 0 amide bonds. The van der Waals surface area contributed by atoms with Crippen LogP contribution in [0.25, 0.3) is 22.6 Å². The van der Waals surface area contributed by atoms with E-state index in [2.05, 4.69) is 36.3 Å². The molecule has 4 aromatic rings. The lowest BCUT2D eigenvalue weighted by Crippen LogP contribution is -1.91. The van der Waals surface area contributed by atoms with E-state index in [9.17, 15) is 0 Å². The fourth-order valence-electron chi connectivity index (χ4n) is 2.70. The molecule has 2 aromatic carbocycles. The zero-order valence-corrected chi connectivity index (χ0v) is 18.6. The number of ether oxygens (including phenoxy) is 2. The fraction of sp³-hybridized carbons (Fsp3) is 0.143. The highest BCUT2D eigenvalue weighted by atomic mass is 79.9. The molecule has 0 atom stereocenters. The summed E-state index contributed by atoms with van der Waals surface area (Å²) in [6.07, 6.45) is 0. The van der Waals surface area contributed by atoms with Crippen LogP contribution >= 0.6 is 27.7 Å². The molecule has 0 bridgehead atoms. The lowest BCUT2D eigenvalue weighted by atomic mass is 10.1. The molecule has 0 N–H and O–H groups in total. The first kappa shape index (κ1) is 20.4. The van der Waals surface area contributed by atoms with Crippen LogP contribution in [0.2, 0.25) is 0 Å². The van der Waals surface area contributed by atoms with Crippen LogP contribution in [-0.2, 0) is 5.75 Å². The maximum atomic E-state index is 5.38. The third-order valence-corrected chi connectivity index (χ3v) is 5.58. The number of methoxy groups -OCH3 is 2. The average Bonchev–Trinajstić information content (AvgIpc) is 3.27. The van der Waals surface area contributed by atoms with Gasteiger partial charge in [0.25, 0.3) is 0 Å². The van der Waals surface area contributed by atoms with Crippen LogP contribution in [0.5, 0.6) is 11.5 Å². The van der Waals surface area contributed by atoms with E-state index >= 15 is 0 Å². The Kier molecular flexibility index (Phi) is 6.29. The lowest BCUT2D eigenvalue weighted by Gasteiger charge is -2.05. The molecule has 7 nitrogen and oxygen atoms in total. The Morgan fingerprint density at radius 3 is 2.40 bits per heavy atom. The van der Waals surface area contributed by atoms with Gasteiger partial charge in [0.1, 0.15) is 16.5 Å². The molecule has 30 heavy (non-hydrogen) atoms. The van der Waals surface area contributed by atoms with Crippen molar-refractivity contribution in [1.82, 2.24) is 20.3 Å². The molecule has 2 heterocycles. The standard InChI is InChI=1S/C21H17BrN4O3S/c1-27-16-9-14(10-17(11-16)28-2)21-23-19(29-26-21)12-30-20-7-6-18(24-25-20)13-4-3-5-15(22)8-13/h3-11H,12H2,1-2H3. The predicted octanol–water partition coefficient (Wildman–Crippen LogP) is 5.27. The second-order valence-corrected chi connectivity index (χ2v) is 8.08. The van der Waals surface area contributed by atoms with Crippen molar-refractivity contribution in [3.63, 3.8) is 0 Å². The first-order chi connectivity index (χ1) is 14.6. The van der Waals surface area contributed by atoms with Gasteiger partial charge in [0.2, 0.25) is 11.7 Å². The number of rotatable bonds is 7. The Morgan fingerprint density at radius 2 is 1.73 bits per heavy atom. The molecular weight excluding hydrogens is 468 g/mol. The number of thioether (sulfide) groups is 1. The van der Waals surface area contributed by atoms with Crippen LogP contribution in [0, 0.1) is 0 Å². The van der Waals surface area contributed by atoms with Gasteiger partial charge in [-0.25, -0.2) is 0 Å². The molecule has 9 heteroatoms. The van der Waals surface area contributed by atoms with Gasteiger partial charge in [-0.05, 0) is 36.4 Å². The Balaban J connectivity index is 1.43. The maximum Gasteiger partial charge on any atom is 0.237 e. The third kappa shape index (κ3) is 4.80. The molecule has 0 aliphatic heterocycles. The van der Waals surface area contributed by atoms with Crippen molar-refractivity contribution in [1.29, 1.82) is 0 Å². The van der Waals surface area contributed by atoms with Gasteiger partial charge in [-0.1, -0.05) is 45.0 Å². The first-order valence-electron chi connectivity index (χ1n) is 8.93. The van der Waals surface area contributed by atoms with Crippen molar-refractivity contribution < 1.29 is 14.0 Å². The molecule has 0 spiro atoms. The summed E-state index contributed by atoms with van der Waals surface area (Å²) in [4.78, 5) is 4.46. The minimum Gasteiger partial charge on any atom is -0.497 e. The van der Waals surface area contributed by atoms with Crippen LogP contribution in [0.4, 0.5) is 0 Å². The second-order valence-electron chi connectivity index (χ2n) is 6.17. The van der Waals surface area contributed by atoms with E-state index in [1.54, 1.807) is 20.3 Å². The molecule has 0 saturated carbocycles. The molecule has 2 aromatic heterocycles. The van der Waals surface area contributed by atoms with Gasteiger partial charge < -0.3 is 14.0 Å². The highest BCUT2D eigenvalue weighted by molar-refractivity contribution is 9.10. The van der Waals surface area contributed by atoms with Crippen LogP contribution in [0.1, 0.15) is 5.89 Å². The molecule has 0 unspecified atom stereocenters. The van der Waals surface area contributed by atoms with Gasteiger partial charge in [0, 0.05) is 21.7 Å². The zero-order valence-electron chi connectivity index (χ0n) is 16.2. The normalized spacial score (nSPS) is 10.8. The average molecular weight is 485 g/mol. The molecule has 0 aliphatic rings. The summed E-state index contributed by atoms with van der Waals surface area (Å²) < 4.78 is 17.0. The van der Waals surface area contributed by atoms with Crippen molar-refractivity contribution in [2.75, 3.05) is 14.2 Å². The summed E-state index contributed by atoms with van der Waals surface area (Å²) in [6, 6.07) is 17.3. The zero-order chi connectivity index (χ0) is 20.9. The van der Waals surface area contributed by atoms with E-state index in [-0.39, 0.29) is 0 Å². The Morgan fingerprint density at radius 1 is 0.933 bits per heavy atom. The number of halogens is 1. The summed E-state index contributed by atoms with van der Waals surface area (Å²) in [6.45, 7) is 0. The molecule has 152 valence electrons. The topological polar surface area (TPSA) is 83.2 Å². The van der Waals surface area contributed by atoms with E-state index in [1.807, 2.05) is 48.5 Å². The lowest BCUT2D eigenvalue weighted by molar-refractivity contribution is 0.390. The molecule has 4 rings (SSSR count). The van der Waals surface area contributed by atoms with Gasteiger partial charge in [0.15, 0.2) is 0 Å². The van der Waals surface area contributed by atoms with E-state index in [4.69, 9.17) is 14.0 Å². The first-order valence-corrected chi connectivity index (χ1v) is 10.7. The molecule has 0 fully saturated rings.